The largest absolute Gasteiger partial charge is 0.573 e. The number of hydrogen-bond donors (Lipinski definition) is 1. The minimum absolute atomic E-state index is 0. The number of aromatic nitrogens is 2. The van der Waals surface area contributed by atoms with Gasteiger partial charge in [0, 0.05) is 18.2 Å². The molecule has 3 aromatic rings. The Morgan fingerprint density at radius 2 is 1.82 bits per heavy atom. The molecule has 1 aliphatic rings. The van der Waals surface area contributed by atoms with Gasteiger partial charge in [0.2, 0.25) is 5.95 Å². The average Bonchev–Trinajstić information content (AvgIpc) is 3.13. The third-order valence-electron chi connectivity index (χ3n) is 6.67. The topological polar surface area (TPSA) is 65.4 Å². The lowest BCUT2D eigenvalue weighted by Crippen LogP contribution is -2.29. The van der Waals surface area contributed by atoms with Crippen LogP contribution in [0.2, 0.25) is 0 Å². The number of alkyl halides is 3. The summed E-state index contributed by atoms with van der Waals surface area (Å²) in [4.78, 5) is 16.5. The number of benzene rings is 2. The monoisotopic (exact) mass is 571 g/mol. The van der Waals surface area contributed by atoms with Crippen molar-refractivity contribution in [2.24, 2.45) is 11.3 Å². The molecule has 0 saturated heterocycles. The van der Waals surface area contributed by atoms with Gasteiger partial charge in [0.15, 0.2) is 0 Å². The SMILES string of the molecule is COC(=O)CCc1ccc2c(c1)nc(Nc1ccc(OC(F)(F)F)cc1)n2[C@@H]1C[C@H](C)CC(C)(C)C1.S.S. The van der Waals surface area contributed by atoms with E-state index in [4.69, 9.17) is 9.72 Å². The first-order valence-corrected chi connectivity index (χ1v) is 12.1. The van der Waals surface area contributed by atoms with E-state index in [0.717, 1.165) is 35.9 Å². The number of nitrogens with one attached hydrogen (secondary N) is 1. The number of aryl methyl sites for hydroxylation is 1. The Morgan fingerprint density at radius 3 is 2.42 bits per heavy atom. The van der Waals surface area contributed by atoms with Crippen LogP contribution in [0.3, 0.4) is 0 Å². The van der Waals surface area contributed by atoms with Gasteiger partial charge in [-0.15, -0.1) is 13.2 Å². The molecule has 210 valence electrons. The number of fused-ring (bicyclic) bond motifs is 1. The summed E-state index contributed by atoms with van der Waals surface area (Å²) in [5, 5.41) is 3.31. The van der Waals surface area contributed by atoms with Gasteiger partial charge >= 0.3 is 12.3 Å². The van der Waals surface area contributed by atoms with E-state index in [2.05, 4.69) is 35.4 Å². The van der Waals surface area contributed by atoms with Crippen LogP contribution in [0.4, 0.5) is 24.8 Å². The predicted molar refractivity (Wildman–Crippen MR) is 153 cm³/mol. The lowest BCUT2D eigenvalue weighted by Gasteiger charge is -2.40. The molecule has 2 atom stereocenters. The van der Waals surface area contributed by atoms with Gasteiger partial charge in [0.05, 0.1) is 18.1 Å². The summed E-state index contributed by atoms with van der Waals surface area (Å²) in [6.45, 7) is 6.84. The summed E-state index contributed by atoms with van der Waals surface area (Å²) in [5.41, 5.74) is 3.54. The maximum absolute atomic E-state index is 12.5. The van der Waals surface area contributed by atoms with Crippen LogP contribution < -0.4 is 10.1 Å². The highest BCUT2D eigenvalue weighted by molar-refractivity contribution is 7.59. The van der Waals surface area contributed by atoms with Crippen molar-refractivity contribution in [1.82, 2.24) is 9.55 Å². The molecule has 1 heterocycles. The maximum Gasteiger partial charge on any atom is 0.573 e. The van der Waals surface area contributed by atoms with Crippen molar-refractivity contribution in [3.8, 4) is 5.75 Å². The van der Waals surface area contributed by atoms with Crippen molar-refractivity contribution in [2.75, 3.05) is 12.4 Å². The number of halogens is 3. The van der Waals surface area contributed by atoms with Crippen molar-refractivity contribution in [1.29, 1.82) is 0 Å². The summed E-state index contributed by atoms with van der Waals surface area (Å²) in [6, 6.07) is 11.9. The first-order chi connectivity index (χ1) is 16.9. The van der Waals surface area contributed by atoms with Crippen LogP contribution in [0, 0.1) is 11.3 Å². The minimum Gasteiger partial charge on any atom is -0.469 e. The fourth-order valence-electron chi connectivity index (χ4n) is 5.47. The number of imidazole rings is 1. The molecule has 1 fully saturated rings. The molecule has 1 aromatic heterocycles. The molecule has 11 heteroatoms. The molecule has 0 spiro atoms. The number of carbonyl (C=O) groups is 1. The molecular weight excluding hydrogens is 535 g/mol. The number of methoxy groups -OCH3 is 1. The van der Waals surface area contributed by atoms with E-state index >= 15 is 0 Å². The number of hydrogen-bond acceptors (Lipinski definition) is 5. The standard InChI is InChI=1S/C27H32F3N3O3.2H2S/c1-17-13-20(16-26(2,3)15-17)33-23-11-5-18(6-12-24(34)35-4)14-22(23)32-25(33)31-19-7-9-21(10-8-19)36-27(28,29)30;;/h5,7-11,14,17,20H,6,12-13,15-16H2,1-4H3,(H,31,32);2*1H2/t17-,20+;;/m0../s1. The van der Waals surface area contributed by atoms with Gasteiger partial charge in [0.25, 0.3) is 0 Å². The summed E-state index contributed by atoms with van der Waals surface area (Å²) in [5.74, 6) is 0.635. The second-order valence-corrected chi connectivity index (χ2v) is 10.5. The molecule has 4 rings (SSSR count). The van der Waals surface area contributed by atoms with Crippen molar-refractivity contribution in [3.05, 3.63) is 48.0 Å². The predicted octanol–water partition coefficient (Wildman–Crippen LogP) is 7.40. The Morgan fingerprint density at radius 1 is 1.13 bits per heavy atom. The average molecular weight is 572 g/mol. The van der Waals surface area contributed by atoms with Crippen molar-refractivity contribution >= 4 is 55.6 Å². The highest BCUT2D eigenvalue weighted by Crippen LogP contribution is 2.46. The molecule has 1 saturated carbocycles. The van der Waals surface area contributed by atoms with Crippen LogP contribution in [-0.4, -0.2) is 29.0 Å². The molecule has 1 aliphatic carbocycles. The maximum atomic E-state index is 12.5. The Hall–Kier alpha value is -2.53. The summed E-state index contributed by atoms with van der Waals surface area (Å²) < 4.78 is 48.6. The van der Waals surface area contributed by atoms with Gasteiger partial charge in [0.1, 0.15) is 5.75 Å². The number of anilines is 2. The zero-order valence-electron chi connectivity index (χ0n) is 22.0. The van der Waals surface area contributed by atoms with Gasteiger partial charge < -0.3 is 19.4 Å². The number of esters is 1. The second-order valence-electron chi connectivity index (χ2n) is 10.5. The first kappa shape index (κ1) is 31.7. The van der Waals surface area contributed by atoms with Crippen LogP contribution >= 0.6 is 27.0 Å². The smallest absolute Gasteiger partial charge is 0.469 e. The second kappa shape index (κ2) is 12.5. The Balaban J connectivity index is 0.00000253. The number of ether oxygens (including phenoxy) is 2. The van der Waals surface area contributed by atoms with Crippen LogP contribution in [0.25, 0.3) is 11.0 Å². The Labute approximate surface area is 235 Å². The van der Waals surface area contributed by atoms with Crippen molar-refractivity contribution < 1.29 is 27.4 Å². The third kappa shape index (κ3) is 7.99. The molecule has 0 bridgehead atoms. The van der Waals surface area contributed by atoms with Gasteiger partial charge in [-0.2, -0.15) is 27.0 Å². The van der Waals surface area contributed by atoms with E-state index in [1.165, 1.54) is 19.2 Å². The molecule has 6 nitrogen and oxygen atoms in total. The number of nitrogens with zero attached hydrogens (tertiary/aromatic N) is 2. The Kier molecular flexibility index (Phi) is 10.5. The molecule has 0 unspecified atom stereocenters. The van der Waals surface area contributed by atoms with E-state index in [9.17, 15) is 18.0 Å². The lowest BCUT2D eigenvalue weighted by molar-refractivity contribution is -0.274. The van der Waals surface area contributed by atoms with E-state index in [-0.39, 0.29) is 56.6 Å². The fourth-order valence-corrected chi connectivity index (χ4v) is 5.47. The summed E-state index contributed by atoms with van der Waals surface area (Å²) in [6.07, 6.45) is -0.761. The van der Waals surface area contributed by atoms with Crippen molar-refractivity contribution in [3.63, 3.8) is 0 Å². The zero-order valence-corrected chi connectivity index (χ0v) is 24.0. The van der Waals surface area contributed by atoms with E-state index in [0.29, 0.717) is 24.0 Å². The molecular formula is C27H36F3N3O3S2. The van der Waals surface area contributed by atoms with Crippen LogP contribution in [0.5, 0.6) is 5.75 Å². The molecule has 1 N–H and O–H groups in total. The van der Waals surface area contributed by atoms with Crippen LogP contribution in [0.15, 0.2) is 42.5 Å². The zero-order chi connectivity index (χ0) is 26.1. The Bertz CT molecular complexity index is 1230. The molecule has 38 heavy (non-hydrogen) atoms. The summed E-state index contributed by atoms with van der Waals surface area (Å²) in [7, 11) is 1.37. The van der Waals surface area contributed by atoms with E-state index < -0.39 is 6.36 Å². The molecule has 0 aliphatic heterocycles. The van der Waals surface area contributed by atoms with Gasteiger partial charge in [-0.1, -0.05) is 26.8 Å². The highest BCUT2D eigenvalue weighted by Gasteiger charge is 2.35. The fraction of sp³-hybridized carbons (Fsp3) is 0.481. The first-order valence-electron chi connectivity index (χ1n) is 12.1. The van der Waals surface area contributed by atoms with Gasteiger partial charge in [-0.05, 0) is 79.0 Å². The quantitative estimate of drug-likeness (QED) is 0.300. The van der Waals surface area contributed by atoms with E-state index in [1.807, 2.05) is 18.2 Å². The number of rotatable bonds is 7. The summed E-state index contributed by atoms with van der Waals surface area (Å²) >= 11 is 0. The molecule has 0 radical (unpaired) electrons. The molecule has 2 aromatic carbocycles. The van der Waals surface area contributed by atoms with Gasteiger partial charge in [-0.3, -0.25) is 4.79 Å². The highest BCUT2D eigenvalue weighted by atomic mass is 32.1. The lowest BCUT2D eigenvalue weighted by atomic mass is 9.70. The normalized spacial score (nSPS) is 18.7. The van der Waals surface area contributed by atoms with Crippen LogP contribution in [-0.2, 0) is 16.0 Å². The van der Waals surface area contributed by atoms with Crippen LogP contribution in [0.1, 0.15) is 58.1 Å². The minimum atomic E-state index is -4.74. The van der Waals surface area contributed by atoms with Crippen molar-refractivity contribution in [2.45, 2.75) is 65.3 Å². The van der Waals surface area contributed by atoms with Gasteiger partial charge in [-0.25, -0.2) is 4.98 Å². The van der Waals surface area contributed by atoms with E-state index in [1.54, 1.807) is 12.1 Å². The number of carbonyl (C=O) groups excluding carboxylic acids is 1. The molecule has 0 amide bonds. The third-order valence-corrected chi connectivity index (χ3v) is 6.67.